The fourth-order valence-corrected chi connectivity index (χ4v) is 8.67. The van der Waals surface area contributed by atoms with Gasteiger partial charge in [0.15, 0.2) is 12.1 Å². The van der Waals surface area contributed by atoms with Crippen molar-refractivity contribution in [3.8, 4) is 0 Å². The molecular weight excluding hydrogens is 324 g/mol. The van der Waals surface area contributed by atoms with Gasteiger partial charge in [-0.15, -0.1) is 0 Å². The van der Waals surface area contributed by atoms with Gasteiger partial charge in [-0.2, -0.15) is 0 Å². The van der Waals surface area contributed by atoms with Gasteiger partial charge >= 0.3 is 0 Å². The maximum atomic E-state index is 11.9. The van der Waals surface area contributed by atoms with Gasteiger partial charge in [-0.25, -0.2) is 0 Å². The summed E-state index contributed by atoms with van der Waals surface area (Å²) >= 11 is 0. The Morgan fingerprint density at radius 2 is 2.08 bits per heavy atom. The van der Waals surface area contributed by atoms with E-state index in [0.717, 1.165) is 49.4 Å². The predicted molar refractivity (Wildman–Crippen MR) is 98.0 cm³/mol. The molecule has 4 saturated carbocycles. The fourth-order valence-electron chi connectivity index (χ4n) is 8.67. The van der Waals surface area contributed by atoms with E-state index in [9.17, 15) is 9.90 Å². The summed E-state index contributed by atoms with van der Waals surface area (Å²) in [5.74, 6) is 4.78. The molecule has 9 atom stereocenters. The van der Waals surface area contributed by atoms with Crippen LogP contribution in [0, 0.1) is 40.9 Å². The van der Waals surface area contributed by atoms with Crippen LogP contribution in [0.4, 0.5) is 0 Å². The number of carbonyl (C=O) groups is 1. The average Bonchev–Trinajstić information content (AvgIpc) is 3.29. The minimum Gasteiger partial charge on any atom is -0.365 e. The molecule has 0 radical (unpaired) electrons. The molecule has 1 N–H and O–H groups in total. The molecule has 1 aliphatic heterocycles. The zero-order chi connectivity index (χ0) is 17.7. The monoisotopic (exact) mass is 354 g/mol. The van der Waals surface area contributed by atoms with Gasteiger partial charge in [0.25, 0.3) is 0 Å². The Labute approximate surface area is 155 Å². The molecule has 0 amide bonds. The van der Waals surface area contributed by atoms with Gasteiger partial charge in [-0.1, -0.05) is 18.6 Å². The number of carbonyl (C=O) groups excluding carboxylic acids is 1. The first kappa shape index (κ1) is 16.1. The number of aliphatic hydroxyl groups is 1. The number of hydrogen-bond donors (Lipinski definition) is 1. The van der Waals surface area contributed by atoms with E-state index in [0.29, 0.717) is 17.6 Å². The zero-order valence-electron chi connectivity index (χ0n) is 15.7. The van der Waals surface area contributed by atoms with Crippen molar-refractivity contribution in [2.45, 2.75) is 70.2 Å². The van der Waals surface area contributed by atoms with Crippen molar-refractivity contribution in [3.63, 3.8) is 0 Å². The first-order valence-corrected chi connectivity index (χ1v) is 10.9. The molecule has 1 spiro atoms. The van der Waals surface area contributed by atoms with Crippen molar-refractivity contribution in [1.82, 2.24) is 0 Å². The third-order valence-corrected chi connectivity index (χ3v) is 9.47. The van der Waals surface area contributed by atoms with Crippen molar-refractivity contribution < 1.29 is 14.6 Å². The molecule has 0 aromatic heterocycles. The first-order valence-electron chi connectivity index (χ1n) is 10.9. The smallest absolute Gasteiger partial charge is 0.175 e. The molecule has 3 nitrogen and oxygen atoms in total. The SMILES string of the molecule is CC[C@]12CCC3C(CCC4=CC(=O)CC[C@@H]43)C1[C@@H]1C[C@@H]1[C@@]21C=CC(O)O1. The Bertz CT molecular complexity index is 723. The summed E-state index contributed by atoms with van der Waals surface area (Å²) in [4.78, 5) is 11.9. The number of rotatable bonds is 1. The van der Waals surface area contributed by atoms with Gasteiger partial charge in [0.05, 0.1) is 5.60 Å². The second-order valence-corrected chi connectivity index (χ2v) is 9.94. The van der Waals surface area contributed by atoms with E-state index in [1.165, 1.54) is 31.3 Å². The van der Waals surface area contributed by atoms with Crippen molar-refractivity contribution in [3.05, 3.63) is 23.8 Å². The lowest BCUT2D eigenvalue weighted by Crippen LogP contribution is -2.56. The number of fused-ring (bicyclic) bond motifs is 9. The molecule has 140 valence electrons. The third-order valence-electron chi connectivity index (χ3n) is 9.47. The summed E-state index contributed by atoms with van der Waals surface area (Å²) in [7, 11) is 0. The number of aliphatic hydroxyl groups excluding tert-OH is 1. The largest absolute Gasteiger partial charge is 0.365 e. The van der Waals surface area contributed by atoms with Crippen LogP contribution in [0.3, 0.4) is 0 Å². The van der Waals surface area contributed by atoms with Gasteiger partial charge in [0, 0.05) is 11.8 Å². The molecular formula is C23H30O3. The van der Waals surface area contributed by atoms with E-state index in [1.807, 2.05) is 12.2 Å². The minimum absolute atomic E-state index is 0.194. The highest BCUT2D eigenvalue weighted by atomic mass is 16.6. The van der Waals surface area contributed by atoms with Crippen LogP contribution in [0.2, 0.25) is 0 Å². The van der Waals surface area contributed by atoms with Crippen LogP contribution < -0.4 is 0 Å². The number of hydrogen-bond acceptors (Lipinski definition) is 3. The second-order valence-electron chi connectivity index (χ2n) is 9.94. The van der Waals surface area contributed by atoms with Crippen LogP contribution in [0.5, 0.6) is 0 Å². The Morgan fingerprint density at radius 1 is 1.19 bits per heavy atom. The van der Waals surface area contributed by atoms with Crippen molar-refractivity contribution >= 4 is 5.78 Å². The molecule has 3 heteroatoms. The van der Waals surface area contributed by atoms with Gasteiger partial charge in [-0.3, -0.25) is 4.79 Å². The van der Waals surface area contributed by atoms with Crippen LogP contribution in [0.25, 0.3) is 0 Å². The molecule has 0 saturated heterocycles. The fraction of sp³-hybridized carbons (Fsp3) is 0.783. The topological polar surface area (TPSA) is 46.5 Å². The van der Waals surface area contributed by atoms with Crippen LogP contribution in [0.15, 0.2) is 23.8 Å². The van der Waals surface area contributed by atoms with Gasteiger partial charge in [0.1, 0.15) is 0 Å². The van der Waals surface area contributed by atoms with E-state index >= 15 is 0 Å². The number of ketones is 1. The average molecular weight is 354 g/mol. The lowest BCUT2D eigenvalue weighted by atomic mass is 9.48. The van der Waals surface area contributed by atoms with Crippen molar-refractivity contribution in [2.24, 2.45) is 40.9 Å². The van der Waals surface area contributed by atoms with E-state index in [2.05, 4.69) is 13.0 Å². The van der Waals surface area contributed by atoms with Crippen LogP contribution >= 0.6 is 0 Å². The highest BCUT2D eigenvalue weighted by Gasteiger charge is 2.77. The molecule has 4 unspecified atom stereocenters. The number of allylic oxidation sites excluding steroid dienone is 1. The lowest BCUT2D eigenvalue weighted by Gasteiger charge is -2.58. The maximum Gasteiger partial charge on any atom is 0.175 e. The summed E-state index contributed by atoms with van der Waals surface area (Å²) in [6.07, 6.45) is 14.7. The van der Waals surface area contributed by atoms with Gasteiger partial charge < -0.3 is 9.84 Å². The van der Waals surface area contributed by atoms with Crippen molar-refractivity contribution in [1.29, 1.82) is 0 Å². The molecule has 6 aliphatic rings. The standard InChI is InChI=1S/C23H30O3/c1-2-22-9-7-16-15-6-4-14(24)11-13(15)3-5-17(16)21(22)18-12-19(18)23(22)10-8-20(25)26-23/h8,10-11,15-21,25H,2-7,9,12H2,1H3/t15-,16?,17?,18+,19-,20?,21?,22-,23-/m0/s1. The summed E-state index contributed by atoms with van der Waals surface area (Å²) in [6.45, 7) is 2.36. The third kappa shape index (κ3) is 1.75. The highest BCUT2D eigenvalue weighted by Crippen LogP contribution is 2.78. The van der Waals surface area contributed by atoms with E-state index in [-0.39, 0.29) is 11.0 Å². The second kappa shape index (κ2) is 5.11. The van der Waals surface area contributed by atoms with Crippen LogP contribution in [-0.4, -0.2) is 22.8 Å². The number of ether oxygens (including phenoxy) is 1. The summed E-state index contributed by atoms with van der Waals surface area (Å²) < 4.78 is 6.32. The molecule has 1 heterocycles. The Kier molecular flexibility index (Phi) is 3.16. The van der Waals surface area contributed by atoms with E-state index in [4.69, 9.17) is 4.74 Å². The van der Waals surface area contributed by atoms with E-state index in [1.54, 1.807) is 0 Å². The lowest BCUT2D eigenvalue weighted by molar-refractivity contribution is -0.201. The first-order chi connectivity index (χ1) is 12.6. The molecule has 0 aromatic carbocycles. The maximum absolute atomic E-state index is 11.9. The predicted octanol–water partition coefficient (Wildman–Crippen LogP) is 4.02. The summed E-state index contributed by atoms with van der Waals surface area (Å²) in [5.41, 5.74) is 1.50. The minimum atomic E-state index is -0.707. The van der Waals surface area contributed by atoms with Gasteiger partial charge in [-0.05, 0) is 92.6 Å². The molecule has 4 fully saturated rings. The van der Waals surface area contributed by atoms with Crippen LogP contribution in [-0.2, 0) is 9.53 Å². The molecule has 0 aromatic rings. The molecule has 0 bridgehead atoms. The molecule has 5 aliphatic carbocycles. The molecule has 6 rings (SSSR count). The summed E-state index contributed by atoms with van der Waals surface area (Å²) in [5, 5.41) is 10.2. The van der Waals surface area contributed by atoms with E-state index < -0.39 is 6.29 Å². The Hall–Kier alpha value is -0.930. The van der Waals surface area contributed by atoms with Crippen LogP contribution in [0.1, 0.15) is 58.3 Å². The highest BCUT2D eigenvalue weighted by molar-refractivity contribution is 5.91. The quantitative estimate of drug-likeness (QED) is 0.724. The zero-order valence-corrected chi connectivity index (χ0v) is 15.7. The Morgan fingerprint density at radius 3 is 2.85 bits per heavy atom. The normalized spacial score (nSPS) is 56.6. The van der Waals surface area contributed by atoms with Gasteiger partial charge in [0.2, 0.25) is 0 Å². The Balaban J connectivity index is 1.39. The van der Waals surface area contributed by atoms with Crippen molar-refractivity contribution in [2.75, 3.05) is 0 Å². The summed E-state index contributed by atoms with van der Waals surface area (Å²) in [6, 6.07) is 0. The molecule has 26 heavy (non-hydrogen) atoms.